The summed E-state index contributed by atoms with van der Waals surface area (Å²) in [7, 11) is 1.92. The van der Waals surface area contributed by atoms with Crippen LogP contribution in [-0.2, 0) is 12.8 Å². The second kappa shape index (κ2) is 5.78. The van der Waals surface area contributed by atoms with Gasteiger partial charge in [-0.2, -0.15) is 0 Å². The Morgan fingerprint density at radius 3 is 2.89 bits per heavy atom. The Bertz CT molecular complexity index is 537. The zero-order valence-electron chi connectivity index (χ0n) is 10.4. The van der Waals surface area contributed by atoms with Gasteiger partial charge in [-0.3, -0.25) is 0 Å². The van der Waals surface area contributed by atoms with Crippen LogP contribution < -0.4 is 5.73 Å². The molecule has 1 aromatic carbocycles. The highest BCUT2D eigenvalue weighted by Crippen LogP contribution is 2.25. The van der Waals surface area contributed by atoms with Crippen molar-refractivity contribution in [3.63, 3.8) is 0 Å². The van der Waals surface area contributed by atoms with E-state index >= 15 is 0 Å². The normalized spacial score (nSPS) is 12.7. The first kappa shape index (κ1) is 13.5. The summed E-state index contributed by atoms with van der Waals surface area (Å²) < 4.78 is 1.89. The summed E-state index contributed by atoms with van der Waals surface area (Å²) in [5.74, 6) is 1.77. The summed E-state index contributed by atoms with van der Waals surface area (Å²) in [5.41, 5.74) is 7.02. The Balaban J connectivity index is 2.06. The van der Waals surface area contributed by atoms with Crippen molar-refractivity contribution < 1.29 is 0 Å². The summed E-state index contributed by atoms with van der Waals surface area (Å²) in [5, 5.41) is 0.662. The van der Waals surface area contributed by atoms with E-state index < -0.39 is 0 Å². The molecule has 0 fully saturated rings. The van der Waals surface area contributed by atoms with E-state index in [1.54, 1.807) is 18.0 Å². The minimum Gasteiger partial charge on any atom is -0.324 e. The van der Waals surface area contributed by atoms with Gasteiger partial charge in [-0.15, -0.1) is 11.8 Å². The standard InChI is InChI=1S/C13H16ClN3S/c1-9(15)10-4-3-5-11(6-10)18-8-13-16-7-12(14)17(13)2/h3-7,9H,8,15H2,1-2H3. The van der Waals surface area contributed by atoms with Gasteiger partial charge in [0.25, 0.3) is 0 Å². The average molecular weight is 282 g/mol. The molecule has 2 rings (SSSR count). The van der Waals surface area contributed by atoms with Crippen LogP contribution >= 0.6 is 23.4 Å². The molecule has 1 unspecified atom stereocenters. The van der Waals surface area contributed by atoms with E-state index in [1.807, 2.05) is 30.7 Å². The fourth-order valence-corrected chi connectivity index (χ4v) is 2.70. The summed E-state index contributed by atoms with van der Waals surface area (Å²) in [6.07, 6.45) is 1.68. The van der Waals surface area contributed by atoms with E-state index in [0.29, 0.717) is 5.15 Å². The highest BCUT2D eigenvalue weighted by molar-refractivity contribution is 7.98. The van der Waals surface area contributed by atoms with Crippen LogP contribution in [-0.4, -0.2) is 9.55 Å². The smallest absolute Gasteiger partial charge is 0.128 e. The van der Waals surface area contributed by atoms with E-state index in [0.717, 1.165) is 17.1 Å². The highest BCUT2D eigenvalue weighted by atomic mass is 35.5. The van der Waals surface area contributed by atoms with Crippen molar-refractivity contribution in [3.8, 4) is 0 Å². The number of hydrogen-bond donors (Lipinski definition) is 1. The highest BCUT2D eigenvalue weighted by Gasteiger charge is 2.06. The quantitative estimate of drug-likeness (QED) is 0.874. The number of halogens is 1. The van der Waals surface area contributed by atoms with E-state index in [2.05, 4.69) is 17.1 Å². The number of aromatic nitrogens is 2. The van der Waals surface area contributed by atoms with Crippen LogP contribution in [0.5, 0.6) is 0 Å². The van der Waals surface area contributed by atoms with Gasteiger partial charge in [0.1, 0.15) is 11.0 Å². The zero-order chi connectivity index (χ0) is 13.1. The summed E-state index contributed by atoms with van der Waals surface area (Å²) >= 11 is 7.69. The summed E-state index contributed by atoms with van der Waals surface area (Å²) in [6, 6.07) is 8.35. The molecule has 0 amide bonds. The Kier molecular flexibility index (Phi) is 4.32. The number of benzene rings is 1. The van der Waals surface area contributed by atoms with Crippen molar-refractivity contribution in [1.82, 2.24) is 9.55 Å². The third-order valence-electron chi connectivity index (χ3n) is 2.78. The maximum Gasteiger partial charge on any atom is 0.128 e. The first-order valence-corrected chi connectivity index (χ1v) is 7.08. The van der Waals surface area contributed by atoms with Crippen LogP contribution in [0.2, 0.25) is 5.15 Å². The molecule has 5 heteroatoms. The van der Waals surface area contributed by atoms with Gasteiger partial charge in [0.15, 0.2) is 0 Å². The van der Waals surface area contributed by atoms with Gasteiger partial charge < -0.3 is 10.3 Å². The Labute approximate surface area is 116 Å². The lowest BCUT2D eigenvalue weighted by Crippen LogP contribution is -2.04. The number of hydrogen-bond acceptors (Lipinski definition) is 3. The third kappa shape index (κ3) is 3.07. The predicted octanol–water partition coefficient (Wildman–Crippen LogP) is 3.39. The molecule has 0 saturated heterocycles. The lowest BCUT2D eigenvalue weighted by Gasteiger charge is -2.08. The number of imidazole rings is 1. The Morgan fingerprint density at radius 2 is 2.28 bits per heavy atom. The number of rotatable bonds is 4. The molecule has 1 heterocycles. The molecular weight excluding hydrogens is 266 g/mol. The molecule has 1 aromatic heterocycles. The van der Waals surface area contributed by atoms with Crippen molar-refractivity contribution in [2.24, 2.45) is 12.8 Å². The predicted molar refractivity (Wildman–Crippen MR) is 76.8 cm³/mol. The van der Waals surface area contributed by atoms with Crippen LogP contribution in [0.15, 0.2) is 35.4 Å². The number of nitrogens with two attached hydrogens (primary N) is 1. The van der Waals surface area contributed by atoms with Crippen LogP contribution in [0.4, 0.5) is 0 Å². The molecule has 96 valence electrons. The molecular formula is C13H16ClN3S. The minimum absolute atomic E-state index is 0.0631. The van der Waals surface area contributed by atoms with E-state index in [4.69, 9.17) is 17.3 Å². The first-order chi connectivity index (χ1) is 8.58. The Hall–Kier alpha value is -0.970. The van der Waals surface area contributed by atoms with Gasteiger partial charge >= 0.3 is 0 Å². The van der Waals surface area contributed by atoms with Crippen LogP contribution in [0.25, 0.3) is 0 Å². The largest absolute Gasteiger partial charge is 0.324 e. The van der Waals surface area contributed by atoms with Crippen molar-refractivity contribution in [1.29, 1.82) is 0 Å². The van der Waals surface area contributed by atoms with E-state index in [9.17, 15) is 0 Å². The average Bonchev–Trinajstić information content (AvgIpc) is 2.68. The lowest BCUT2D eigenvalue weighted by molar-refractivity contribution is 0.814. The topological polar surface area (TPSA) is 43.8 Å². The molecule has 1 atom stereocenters. The molecule has 0 aliphatic carbocycles. The van der Waals surface area contributed by atoms with Crippen molar-refractivity contribution >= 4 is 23.4 Å². The molecule has 0 bridgehead atoms. The SMILES string of the molecule is CC(N)c1cccc(SCc2ncc(Cl)n2C)c1. The fraction of sp³-hybridized carbons (Fsp3) is 0.308. The maximum atomic E-state index is 5.95. The zero-order valence-corrected chi connectivity index (χ0v) is 12.0. The minimum atomic E-state index is 0.0631. The van der Waals surface area contributed by atoms with Gasteiger partial charge in [-0.05, 0) is 24.6 Å². The van der Waals surface area contributed by atoms with E-state index in [1.165, 1.54) is 4.90 Å². The van der Waals surface area contributed by atoms with Crippen LogP contribution in [0, 0.1) is 0 Å². The maximum absolute atomic E-state index is 5.95. The first-order valence-electron chi connectivity index (χ1n) is 5.72. The van der Waals surface area contributed by atoms with Gasteiger partial charge in [0.05, 0.1) is 11.9 Å². The van der Waals surface area contributed by atoms with E-state index in [-0.39, 0.29) is 6.04 Å². The summed E-state index contributed by atoms with van der Waals surface area (Å²) in [4.78, 5) is 5.47. The second-order valence-electron chi connectivity index (χ2n) is 4.21. The third-order valence-corrected chi connectivity index (χ3v) is 4.12. The molecule has 3 nitrogen and oxygen atoms in total. The summed E-state index contributed by atoms with van der Waals surface area (Å²) in [6.45, 7) is 1.99. The fourth-order valence-electron chi connectivity index (χ4n) is 1.59. The lowest BCUT2D eigenvalue weighted by atomic mass is 10.1. The van der Waals surface area contributed by atoms with Crippen LogP contribution in [0.1, 0.15) is 24.4 Å². The molecule has 0 spiro atoms. The van der Waals surface area contributed by atoms with Crippen LogP contribution in [0.3, 0.4) is 0 Å². The second-order valence-corrected chi connectivity index (χ2v) is 5.64. The number of nitrogens with zero attached hydrogens (tertiary/aromatic N) is 2. The van der Waals surface area contributed by atoms with Gasteiger partial charge in [-0.25, -0.2) is 4.98 Å². The molecule has 0 aliphatic rings. The van der Waals surface area contributed by atoms with Crippen molar-refractivity contribution in [2.75, 3.05) is 0 Å². The van der Waals surface area contributed by atoms with Gasteiger partial charge in [-0.1, -0.05) is 23.7 Å². The Morgan fingerprint density at radius 1 is 1.50 bits per heavy atom. The molecule has 0 saturated carbocycles. The van der Waals surface area contributed by atoms with Crippen molar-refractivity contribution in [2.45, 2.75) is 23.6 Å². The van der Waals surface area contributed by atoms with Gasteiger partial charge in [0, 0.05) is 18.0 Å². The molecule has 2 N–H and O–H groups in total. The number of thioether (sulfide) groups is 1. The molecule has 18 heavy (non-hydrogen) atoms. The van der Waals surface area contributed by atoms with Crippen molar-refractivity contribution in [3.05, 3.63) is 47.0 Å². The monoisotopic (exact) mass is 281 g/mol. The van der Waals surface area contributed by atoms with Gasteiger partial charge in [0.2, 0.25) is 0 Å². The molecule has 0 radical (unpaired) electrons. The molecule has 0 aliphatic heterocycles. The molecule has 2 aromatic rings.